The van der Waals surface area contributed by atoms with Crippen LogP contribution in [0.4, 0.5) is 0 Å². The summed E-state index contributed by atoms with van der Waals surface area (Å²) in [6.45, 7) is 4.86. The van der Waals surface area contributed by atoms with E-state index >= 15 is 0 Å². The molecule has 13 heavy (non-hydrogen) atoms. The van der Waals surface area contributed by atoms with E-state index in [1.165, 1.54) is 5.69 Å². The molecule has 0 aliphatic rings. The minimum absolute atomic E-state index is 0.251. The number of aromatic nitrogens is 2. The van der Waals surface area contributed by atoms with E-state index in [1.54, 1.807) is 0 Å². The summed E-state index contributed by atoms with van der Waals surface area (Å²) in [5.41, 5.74) is 7.46. The fourth-order valence-corrected chi connectivity index (χ4v) is 1.32. The maximum absolute atomic E-state index is 7.07. The van der Waals surface area contributed by atoms with E-state index < -0.39 is 0 Å². The van der Waals surface area contributed by atoms with Gasteiger partial charge in [0, 0.05) is 18.7 Å². The predicted molar refractivity (Wildman–Crippen MR) is 52.8 cm³/mol. The van der Waals surface area contributed by atoms with Crippen LogP contribution in [0.1, 0.15) is 24.2 Å². The second-order valence-corrected chi connectivity index (χ2v) is 3.28. The lowest BCUT2D eigenvalue weighted by atomic mass is 10.3. The fraction of sp³-hybridized carbons (Fsp3) is 0.556. The van der Waals surface area contributed by atoms with Crippen LogP contribution in [-0.2, 0) is 6.54 Å². The normalized spacial score (nSPS) is 10.3. The monoisotopic (exact) mass is 180 g/mol. The minimum atomic E-state index is 0.251. The molecule has 0 bridgehead atoms. The first-order chi connectivity index (χ1) is 6.09. The van der Waals surface area contributed by atoms with Crippen molar-refractivity contribution in [3.63, 3.8) is 0 Å². The Morgan fingerprint density at radius 1 is 1.62 bits per heavy atom. The number of hydrogen-bond acceptors (Lipinski definition) is 2. The van der Waals surface area contributed by atoms with Crippen molar-refractivity contribution < 1.29 is 0 Å². The molecule has 0 radical (unpaired) electrons. The van der Waals surface area contributed by atoms with Crippen molar-refractivity contribution in [1.29, 1.82) is 5.41 Å². The molecule has 0 amide bonds. The van der Waals surface area contributed by atoms with Gasteiger partial charge >= 0.3 is 0 Å². The number of nitrogens with one attached hydrogen (secondary N) is 1. The summed E-state index contributed by atoms with van der Waals surface area (Å²) >= 11 is 0. The SMILES string of the molecule is Cc1cc(C)n(CCCC(=N)N)n1. The predicted octanol–water partition coefficient (Wildman–Crippen LogP) is 1.22. The van der Waals surface area contributed by atoms with Gasteiger partial charge in [0.1, 0.15) is 0 Å². The van der Waals surface area contributed by atoms with Gasteiger partial charge in [-0.1, -0.05) is 0 Å². The largest absolute Gasteiger partial charge is 0.388 e. The number of hydrogen-bond donors (Lipinski definition) is 2. The van der Waals surface area contributed by atoms with Crippen LogP contribution < -0.4 is 5.73 Å². The molecular weight excluding hydrogens is 164 g/mol. The maximum atomic E-state index is 7.07. The molecule has 0 aliphatic heterocycles. The second kappa shape index (κ2) is 4.07. The van der Waals surface area contributed by atoms with Crippen molar-refractivity contribution >= 4 is 5.84 Å². The number of rotatable bonds is 4. The quantitative estimate of drug-likeness (QED) is 0.540. The van der Waals surface area contributed by atoms with Gasteiger partial charge in [0.05, 0.1) is 11.5 Å². The maximum Gasteiger partial charge on any atom is 0.0905 e. The van der Waals surface area contributed by atoms with E-state index in [0.29, 0.717) is 6.42 Å². The average molecular weight is 180 g/mol. The first kappa shape index (κ1) is 9.77. The van der Waals surface area contributed by atoms with Gasteiger partial charge < -0.3 is 5.73 Å². The topological polar surface area (TPSA) is 67.7 Å². The molecule has 0 fully saturated rings. The first-order valence-electron chi connectivity index (χ1n) is 4.43. The molecule has 4 heteroatoms. The van der Waals surface area contributed by atoms with Gasteiger partial charge in [0.25, 0.3) is 0 Å². The Morgan fingerprint density at radius 2 is 2.31 bits per heavy atom. The third kappa shape index (κ3) is 2.89. The van der Waals surface area contributed by atoms with Crippen LogP contribution in [0, 0.1) is 19.3 Å². The Labute approximate surface area is 78.3 Å². The molecule has 0 aliphatic carbocycles. The highest BCUT2D eigenvalue weighted by Gasteiger charge is 2.00. The molecule has 0 atom stereocenters. The average Bonchev–Trinajstić information content (AvgIpc) is 2.29. The summed E-state index contributed by atoms with van der Waals surface area (Å²) in [4.78, 5) is 0. The van der Waals surface area contributed by atoms with E-state index in [0.717, 1.165) is 18.7 Å². The molecule has 0 saturated carbocycles. The van der Waals surface area contributed by atoms with Gasteiger partial charge in [-0.3, -0.25) is 10.1 Å². The second-order valence-electron chi connectivity index (χ2n) is 3.28. The molecule has 0 aromatic carbocycles. The molecule has 0 saturated heterocycles. The van der Waals surface area contributed by atoms with Crippen molar-refractivity contribution in [2.75, 3.05) is 0 Å². The molecule has 1 rings (SSSR count). The lowest BCUT2D eigenvalue weighted by Crippen LogP contribution is -2.11. The van der Waals surface area contributed by atoms with Crippen molar-refractivity contribution in [2.45, 2.75) is 33.2 Å². The van der Waals surface area contributed by atoms with Crippen molar-refractivity contribution in [3.8, 4) is 0 Å². The van der Waals surface area contributed by atoms with Gasteiger partial charge in [-0.25, -0.2) is 0 Å². The highest BCUT2D eigenvalue weighted by molar-refractivity contribution is 5.76. The Kier molecular flexibility index (Phi) is 3.06. The number of nitrogens with zero attached hydrogens (tertiary/aromatic N) is 2. The van der Waals surface area contributed by atoms with E-state index in [-0.39, 0.29) is 5.84 Å². The lowest BCUT2D eigenvalue weighted by molar-refractivity contribution is 0.570. The summed E-state index contributed by atoms with van der Waals surface area (Å²) < 4.78 is 1.96. The smallest absolute Gasteiger partial charge is 0.0905 e. The third-order valence-electron chi connectivity index (χ3n) is 1.92. The fourth-order valence-electron chi connectivity index (χ4n) is 1.32. The first-order valence-corrected chi connectivity index (χ1v) is 4.43. The van der Waals surface area contributed by atoms with Crippen LogP contribution in [-0.4, -0.2) is 15.6 Å². The minimum Gasteiger partial charge on any atom is -0.388 e. The summed E-state index contributed by atoms with van der Waals surface area (Å²) in [7, 11) is 0. The Bertz CT molecular complexity index is 301. The highest BCUT2D eigenvalue weighted by atomic mass is 15.3. The standard InChI is InChI=1S/C9H16N4/c1-7-6-8(2)13(12-7)5-3-4-9(10)11/h6H,3-5H2,1-2H3,(H3,10,11). The van der Waals surface area contributed by atoms with Gasteiger partial charge in [0.2, 0.25) is 0 Å². The molecule has 0 unspecified atom stereocenters. The lowest BCUT2D eigenvalue weighted by Gasteiger charge is -2.02. The molecular formula is C9H16N4. The zero-order valence-corrected chi connectivity index (χ0v) is 8.17. The van der Waals surface area contributed by atoms with Crippen LogP contribution in [0.15, 0.2) is 6.07 Å². The van der Waals surface area contributed by atoms with Crippen LogP contribution in [0.3, 0.4) is 0 Å². The number of aryl methyl sites for hydroxylation is 3. The van der Waals surface area contributed by atoms with E-state index in [1.807, 2.05) is 24.6 Å². The van der Waals surface area contributed by atoms with Crippen LogP contribution in [0.25, 0.3) is 0 Å². The molecule has 4 nitrogen and oxygen atoms in total. The summed E-state index contributed by atoms with van der Waals surface area (Å²) in [5.74, 6) is 0.251. The Morgan fingerprint density at radius 3 is 2.77 bits per heavy atom. The van der Waals surface area contributed by atoms with Crippen molar-refractivity contribution in [2.24, 2.45) is 5.73 Å². The molecule has 1 aromatic rings. The molecule has 0 spiro atoms. The van der Waals surface area contributed by atoms with E-state index in [4.69, 9.17) is 11.1 Å². The molecule has 3 N–H and O–H groups in total. The van der Waals surface area contributed by atoms with Gasteiger partial charge in [-0.05, 0) is 26.3 Å². The van der Waals surface area contributed by atoms with E-state index in [2.05, 4.69) is 5.10 Å². The molecule has 1 aromatic heterocycles. The molecule has 1 heterocycles. The van der Waals surface area contributed by atoms with Crippen molar-refractivity contribution in [1.82, 2.24) is 9.78 Å². The van der Waals surface area contributed by atoms with Crippen molar-refractivity contribution in [3.05, 3.63) is 17.5 Å². The van der Waals surface area contributed by atoms with Crippen LogP contribution in [0.5, 0.6) is 0 Å². The summed E-state index contributed by atoms with van der Waals surface area (Å²) in [5, 5.41) is 11.4. The van der Waals surface area contributed by atoms with Gasteiger partial charge in [-0.15, -0.1) is 0 Å². The number of amidine groups is 1. The van der Waals surface area contributed by atoms with Gasteiger partial charge in [-0.2, -0.15) is 5.10 Å². The third-order valence-corrected chi connectivity index (χ3v) is 1.92. The summed E-state index contributed by atoms with van der Waals surface area (Å²) in [6.07, 6.45) is 1.54. The van der Waals surface area contributed by atoms with E-state index in [9.17, 15) is 0 Å². The van der Waals surface area contributed by atoms with Gasteiger partial charge in [0.15, 0.2) is 0 Å². The zero-order chi connectivity index (χ0) is 9.84. The Hall–Kier alpha value is -1.32. The van der Waals surface area contributed by atoms with Crippen LogP contribution in [0.2, 0.25) is 0 Å². The molecule has 72 valence electrons. The summed E-state index contributed by atoms with van der Waals surface area (Å²) in [6, 6.07) is 2.05. The zero-order valence-electron chi connectivity index (χ0n) is 8.17. The highest BCUT2D eigenvalue weighted by Crippen LogP contribution is 2.03. The Balaban J connectivity index is 2.45. The number of nitrogens with two attached hydrogens (primary N) is 1. The van der Waals surface area contributed by atoms with Crippen LogP contribution >= 0.6 is 0 Å².